The summed E-state index contributed by atoms with van der Waals surface area (Å²) in [5.74, 6) is 0.877. The summed E-state index contributed by atoms with van der Waals surface area (Å²) in [4.78, 5) is 4.56. The van der Waals surface area contributed by atoms with Crippen LogP contribution in [0.3, 0.4) is 0 Å². The molecule has 2 aromatic heterocycles. The van der Waals surface area contributed by atoms with E-state index in [0.717, 1.165) is 40.4 Å². The van der Waals surface area contributed by atoms with E-state index in [2.05, 4.69) is 28.4 Å². The van der Waals surface area contributed by atoms with E-state index in [4.69, 9.17) is 0 Å². The Morgan fingerprint density at radius 2 is 1.88 bits per heavy atom. The first-order valence-electron chi connectivity index (χ1n) is 8.48. The average molecular weight is 339 g/mol. The SMILES string of the molecule is CCc1cc(Nc2ccc(-c3ccccc3C#N)cc2)n2nccc2n1. The maximum Gasteiger partial charge on any atom is 0.157 e. The van der Waals surface area contributed by atoms with Crippen molar-refractivity contribution in [2.75, 3.05) is 5.32 Å². The topological polar surface area (TPSA) is 66.0 Å². The Labute approximate surface area is 151 Å². The lowest BCUT2D eigenvalue weighted by atomic mass is 10.0. The minimum absolute atomic E-state index is 0.674. The van der Waals surface area contributed by atoms with Crippen molar-refractivity contribution in [3.05, 3.63) is 78.1 Å². The molecule has 0 saturated heterocycles. The molecule has 0 atom stereocenters. The molecule has 0 fully saturated rings. The van der Waals surface area contributed by atoms with Gasteiger partial charge in [0.2, 0.25) is 0 Å². The van der Waals surface area contributed by atoms with Gasteiger partial charge in [0.1, 0.15) is 5.82 Å². The van der Waals surface area contributed by atoms with Crippen molar-refractivity contribution in [2.24, 2.45) is 0 Å². The number of aromatic nitrogens is 3. The number of hydrogen-bond acceptors (Lipinski definition) is 4. The Hall–Kier alpha value is -3.65. The van der Waals surface area contributed by atoms with Gasteiger partial charge in [-0.25, -0.2) is 4.98 Å². The monoisotopic (exact) mass is 339 g/mol. The molecule has 126 valence electrons. The molecular formula is C21H17N5. The second-order valence-corrected chi connectivity index (χ2v) is 5.95. The Bertz CT molecular complexity index is 1100. The minimum atomic E-state index is 0.674. The zero-order valence-corrected chi connectivity index (χ0v) is 14.3. The van der Waals surface area contributed by atoms with Gasteiger partial charge in [-0.2, -0.15) is 14.9 Å². The van der Waals surface area contributed by atoms with Crippen molar-refractivity contribution >= 4 is 17.2 Å². The van der Waals surface area contributed by atoms with Crippen LogP contribution in [-0.2, 0) is 6.42 Å². The van der Waals surface area contributed by atoms with Crippen LogP contribution in [0.2, 0.25) is 0 Å². The number of nitriles is 1. The van der Waals surface area contributed by atoms with Crippen LogP contribution in [0, 0.1) is 11.3 Å². The van der Waals surface area contributed by atoms with Crippen molar-refractivity contribution in [1.82, 2.24) is 14.6 Å². The number of fused-ring (bicyclic) bond motifs is 1. The number of aryl methyl sites for hydroxylation is 1. The summed E-state index contributed by atoms with van der Waals surface area (Å²) in [6, 6.07) is 21.8. The summed E-state index contributed by atoms with van der Waals surface area (Å²) in [6.07, 6.45) is 2.61. The highest BCUT2D eigenvalue weighted by Gasteiger charge is 2.07. The Balaban J connectivity index is 1.67. The van der Waals surface area contributed by atoms with Crippen LogP contribution in [0.5, 0.6) is 0 Å². The highest BCUT2D eigenvalue weighted by atomic mass is 15.3. The van der Waals surface area contributed by atoms with Gasteiger partial charge in [-0.1, -0.05) is 37.3 Å². The van der Waals surface area contributed by atoms with Crippen LogP contribution >= 0.6 is 0 Å². The minimum Gasteiger partial charge on any atom is -0.340 e. The van der Waals surface area contributed by atoms with Gasteiger partial charge in [0.25, 0.3) is 0 Å². The molecule has 0 aliphatic carbocycles. The lowest BCUT2D eigenvalue weighted by Gasteiger charge is -2.11. The fourth-order valence-corrected chi connectivity index (χ4v) is 2.95. The molecule has 26 heavy (non-hydrogen) atoms. The molecule has 2 aromatic carbocycles. The average Bonchev–Trinajstić information content (AvgIpc) is 3.17. The molecule has 1 N–H and O–H groups in total. The van der Waals surface area contributed by atoms with Crippen LogP contribution < -0.4 is 5.32 Å². The Morgan fingerprint density at radius 1 is 1.08 bits per heavy atom. The first-order valence-corrected chi connectivity index (χ1v) is 8.48. The predicted octanol–water partition coefficient (Wildman–Crippen LogP) is 4.57. The van der Waals surface area contributed by atoms with E-state index in [0.29, 0.717) is 5.56 Å². The molecule has 5 heteroatoms. The molecule has 4 aromatic rings. The van der Waals surface area contributed by atoms with Crippen molar-refractivity contribution in [1.29, 1.82) is 5.26 Å². The lowest BCUT2D eigenvalue weighted by molar-refractivity contribution is 0.920. The number of hydrogen-bond donors (Lipinski definition) is 1. The molecule has 0 bridgehead atoms. The maximum atomic E-state index is 9.28. The van der Waals surface area contributed by atoms with E-state index >= 15 is 0 Å². The molecule has 0 spiro atoms. The molecule has 4 rings (SSSR count). The van der Waals surface area contributed by atoms with Crippen LogP contribution in [0.1, 0.15) is 18.2 Å². The molecule has 0 aliphatic heterocycles. The highest BCUT2D eigenvalue weighted by Crippen LogP contribution is 2.26. The summed E-state index contributed by atoms with van der Waals surface area (Å²) in [5, 5.41) is 17.0. The molecule has 0 unspecified atom stereocenters. The summed E-state index contributed by atoms with van der Waals surface area (Å²) in [5.41, 5.74) is 5.42. The maximum absolute atomic E-state index is 9.28. The van der Waals surface area contributed by atoms with Gasteiger partial charge in [-0.05, 0) is 35.7 Å². The second kappa shape index (κ2) is 6.69. The lowest BCUT2D eigenvalue weighted by Crippen LogP contribution is -2.03. The van der Waals surface area contributed by atoms with E-state index in [-0.39, 0.29) is 0 Å². The molecular weight excluding hydrogens is 322 g/mol. The zero-order valence-electron chi connectivity index (χ0n) is 14.3. The highest BCUT2D eigenvalue weighted by molar-refractivity contribution is 5.72. The van der Waals surface area contributed by atoms with Crippen LogP contribution in [0.15, 0.2) is 66.9 Å². The van der Waals surface area contributed by atoms with Gasteiger partial charge in [-0.3, -0.25) is 0 Å². The Kier molecular flexibility index (Phi) is 4.08. The third-order valence-corrected chi connectivity index (χ3v) is 4.29. The normalized spacial score (nSPS) is 10.6. The smallest absolute Gasteiger partial charge is 0.157 e. The number of nitrogens with one attached hydrogen (secondary N) is 1. The quantitative estimate of drug-likeness (QED) is 0.591. The number of rotatable bonds is 4. The van der Waals surface area contributed by atoms with Crippen molar-refractivity contribution < 1.29 is 0 Å². The zero-order chi connectivity index (χ0) is 17.9. The van der Waals surface area contributed by atoms with E-state index in [1.165, 1.54) is 0 Å². The Morgan fingerprint density at radius 3 is 2.65 bits per heavy atom. The fraction of sp³-hybridized carbons (Fsp3) is 0.0952. The third-order valence-electron chi connectivity index (χ3n) is 4.29. The second-order valence-electron chi connectivity index (χ2n) is 5.95. The van der Waals surface area contributed by atoms with E-state index in [1.807, 2.05) is 60.7 Å². The van der Waals surface area contributed by atoms with E-state index in [9.17, 15) is 5.26 Å². The summed E-state index contributed by atoms with van der Waals surface area (Å²) in [7, 11) is 0. The summed E-state index contributed by atoms with van der Waals surface area (Å²) >= 11 is 0. The van der Waals surface area contributed by atoms with Crippen LogP contribution in [0.4, 0.5) is 11.5 Å². The van der Waals surface area contributed by atoms with Crippen molar-refractivity contribution in [3.63, 3.8) is 0 Å². The van der Waals surface area contributed by atoms with E-state index in [1.54, 1.807) is 10.7 Å². The van der Waals surface area contributed by atoms with Gasteiger partial charge < -0.3 is 5.32 Å². The molecule has 2 heterocycles. The van der Waals surface area contributed by atoms with Crippen molar-refractivity contribution in [3.8, 4) is 17.2 Å². The van der Waals surface area contributed by atoms with Crippen LogP contribution in [0.25, 0.3) is 16.8 Å². The molecule has 0 saturated carbocycles. The molecule has 5 nitrogen and oxygen atoms in total. The fourth-order valence-electron chi connectivity index (χ4n) is 2.95. The van der Waals surface area contributed by atoms with Crippen LogP contribution in [-0.4, -0.2) is 14.6 Å². The predicted molar refractivity (Wildman–Crippen MR) is 102 cm³/mol. The van der Waals surface area contributed by atoms with Gasteiger partial charge in [0.05, 0.1) is 17.8 Å². The number of anilines is 2. The third kappa shape index (κ3) is 2.89. The first-order chi connectivity index (χ1) is 12.8. The molecule has 0 amide bonds. The van der Waals surface area contributed by atoms with E-state index < -0.39 is 0 Å². The number of nitrogens with zero attached hydrogens (tertiary/aromatic N) is 4. The summed E-state index contributed by atoms with van der Waals surface area (Å²) < 4.78 is 1.79. The summed E-state index contributed by atoms with van der Waals surface area (Å²) in [6.45, 7) is 2.08. The van der Waals surface area contributed by atoms with Gasteiger partial charge in [0.15, 0.2) is 5.65 Å². The first kappa shape index (κ1) is 15.9. The van der Waals surface area contributed by atoms with Gasteiger partial charge in [0, 0.05) is 23.5 Å². The van der Waals surface area contributed by atoms with Crippen molar-refractivity contribution in [2.45, 2.75) is 13.3 Å². The largest absolute Gasteiger partial charge is 0.340 e. The number of benzene rings is 2. The molecule has 0 radical (unpaired) electrons. The van der Waals surface area contributed by atoms with Gasteiger partial charge >= 0.3 is 0 Å². The molecule has 0 aliphatic rings. The van der Waals surface area contributed by atoms with Gasteiger partial charge in [-0.15, -0.1) is 0 Å². The standard InChI is InChI=1S/C21H17N5/c1-2-17-13-21(26-20(24-17)11-12-23-26)25-18-9-7-15(8-10-18)19-6-4-3-5-16(19)14-22/h3-13,25H,2H2,1H3.